The first kappa shape index (κ1) is 30.4. The predicted molar refractivity (Wildman–Crippen MR) is 115 cm³/mol. The Morgan fingerprint density at radius 1 is 0.692 bits per heavy atom. The Labute approximate surface area is 179 Å². The zero-order chi connectivity index (χ0) is 18.2. The van der Waals surface area contributed by atoms with Crippen molar-refractivity contribution in [2.45, 2.75) is 51.4 Å². The Bertz CT molecular complexity index is 432. The number of aryl methyl sites for hydroxylation is 4. The van der Waals surface area contributed by atoms with Crippen LogP contribution in [0.25, 0.3) is 0 Å². The summed E-state index contributed by atoms with van der Waals surface area (Å²) >= 11 is 1.58. The molecule has 0 unspecified atom stereocenters. The van der Waals surface area contributed by atoms with Gasteiger partial charge in [-0.25, -0.2) is 12.1 Å². The van der Waals surface area contributed by atoms with Crippen LogP contribution in [0.2, 0.25) is 0 Å². The molecule has 2 aromatic carbocycles. The number of hydrogen-bond acceptors (Lipinski definition) is 2. The summed E-state index contributed by atoms with van der Waals surface area (Å²) in [5.41, 5.74) is 6.39. The summed E-state index contributed by atoms with van der Waals surface area (Å²) in [6, 6.07) is 13.4. The molecule has 4 rings (SSSR count). The van der Waals surface area contributed by atoms with E-state index in [-0.39, 0.29) is 14.9 Å². The minimum atomic E-state index is 0. The molecule has 2 aromatic rings. The summed E-state index contributed by atoms with van der Waals surface area (Å²) < 4.78 is 0. The molecule has 2 aliphatic carbocycles. The summed E-state index contributed by atoms with van der Waals surface area (Å²) in [6.07, 6.45) is 10.9. The van der Waals surface area contributed by atoms with Gasteiger partial charge in [-0.2, -0.15) is 46.5 Å². The van der Waals surface area contributed by atoms with Crippen molar-refractivity contribution in [3.05, 3.63) is 73.5 Å². The molecule has 0 fully saturated rings. The number of aliphatic hydroxyl groups is 2. The van der Waals surface area contributed by atoms with Gasteiger partial charge in [0.25, 0.3) is 0 Å². The molecular formula is C22H38O2SiZr-4. The van der Waals surface area contributed by atoms with Gasteiger partial charge in [0.15, 0.2) is 0 Å². The van der Waals surface area contributed by atoms with Crippen molar-refractivity contribution < 1.29 is 33.5 Å². The maximum absolute atomic E-state index is 7.00. The van der Waals surface area contributed by atoms with E-state index < -0.39 is 0 Å². The van der Waals surface area contributed by atoms with Crippen LogP contribution in [0.1, 0.15) is 47.9 Å². The third-order valence-electron chi connectivity index (χ3n) is 4.30. The Kier molecular flexibility index (Phi) is 24.6. The molecule has 0 saturated carbocycles. The Hall–Kier alpha value is -0.280. The normalized spacial score (nSPS) is 12.6. The van der Waals surface area contributed by atoms with Crippen LogP contribution in [-0.4, -0.2) is 31.3 Å². The summed E-state index contributed by atoms with van der Waals surface area (Å²) in [6.45, 7) is 1.95. The van der Waals surface area contributed by atoms with E-state index in [1.165, 1.54) is 51.4 Å². The molecule has 0 amide bonds. The summed E-state index contributed by atoms with van der Waals surface area (Å²) in [5.74, 6) is 0. The second-order valence-corrected chi connectivity index (χ2v) is 5.57. The Morgan fingerprint density at radius 3 is 1.31 bits per heavy atom. The van der Waals surface area contributed by atoms with Crippen LogP contribution in [0.5, 0.6) is 0 Å². The average Bonchev–Trinajstić information content (AvgIpc) is 3.36. The molecule has 2 nitrogen and oxygen atoms in total. The SMILES string of the molecule is CO.CO.[CH3-].[CH3-].[SiH2]=[Zr].c1cc2c([cH-]1)CCCC2.c1cc2c([cH-]1)CCCC2. The quantitative estimate of drug-likeness (QED) is 0.471. The minimum absolute atomic E-state index is 0. The molecule has 0 heterocycles. The van der Waals surface area contributed by atoms with E-state index in [0.29, 0.717) is 0 Å². The maximum Gasteiger partial charge on any atom is -0.0512 e. The molecule has 4 heteroatoms. The Balaban J connectivity index is -0.000000299. The Morgan fingerprint density at radius 2 is 1.00 bits per heavy atom. The molecular weight excluding hydrogens is 416 g/mol. The molecule has 26 heavy (non-hydrogen) atoms. The zero-order valence-corrected chi connectivity index (χ0v) is 21.1. The molecule has 150 valence electrons. The summed E-state index contributed by atoms with van der Waals surface area (Å²) in [5, 5.41) is 14.0. The van der Waals surface area contributed by atoms with Crippen molar-refractivity contribution >= 4 is 6.88 Å². The first-order valence-corrected chi connectivity index (χ1v) is 14.6. The van der Waals surface area contributed by atoms with E-state index in [0.717, 1.165) is 14.2 Å². The van der Waals surface area contributed by atoms with Gasteiger partial charge in [0, 0.05) is 14.2 Å². The number of hydrogen-bond donors (Lipinski definition) is 2. The largest absolute Gasteiger partial charge is 0.210 e. The second-order valence-electron chi connectivity index (χ2n) is 5.57. The topological polar surface area (TPSA) is 40.5 Å². The first-order chi connectivity index (χ1) is 11.9. The molecule has 0 radical (unpaired) electrons. The first-order valence-electron chi connectivity index (χ1n) is 8.65. The van der Waals surface area contributed by atoms with Crippen molar-refractivity contribution in [2.24, 2.45) is 0 Å². The van der Waals surface area contributed by atoms with Gasteiger partial charge in [-0.05, 0) is 0 Å². The molecule has 0 saturated heterocycles. The van der Waals surface area contributed by atoms with Gasteiger partial charge < -0.3 is 25.1 Å². The third-order valence-corrected chi connectivity index (χ3v) is 4.30. The van der Waals surface area contributed by atoms with Gasteiger partial charge in [0.05, 0.1) is 0 Å². The van der Waals surface area contributed by atoms with Gasteiger partial charge in [-0.3, -0.25) is 0 Å². The van der Waals surface area contributed by atoms with Crippen molar-refractivity contribution in [1.29, 1.82) is 0 Å². The van der Waals surface area contributed by atoms with E-state index in [4.69, 9.17) is 10.2 Å². The summed E-state index contributed by atoms with van der Waals surface area (Å²) in [4.78, 5) is 0. The molecule has 2 aliphatic rings. The molecule has 0 spiro atoms. The average molecular weight is 454 g/mol. The van der Waals surface area contributed by atoms with Gasteiger partial charge in [-0.1, -0.05) is 51.4 Å². The van der Waals surface area contributed by atoms with Gasteiger partial charge in [0.1, 0.15) is 0 Å². The van der Waals surface area contributed by atoms with Crippen molar-refractivity contribution in [3.63, 3.8) is 0 Å². The van der Waals surface area contributed by atoms with Crippen molar-refractivity contribution in [3.8, 4) is 0 Å². The number of rotatable bonds is 0. The van der Waals surface area contributed by atoms with Crippen LogP contribution in [0.4, 0.5) is 0 Å². The van der Waals surface area contributed by atoms with Gasteiger partial charge in [0.2, 0.25) is 0 Å². The predicted octanol–water partition coefficient (Wildman–Crippen LogP) is 3.77. The molecule has 0 atom stereocenters. The van der Waals surface area contributed by atoms with E-state index >= 15 is 0 Å². The molecule has 0 bridgehead atoms. The molecule has 0 aromatic heterocycles. The van der Waals surface area contributed by atoms with Crippen LogP contribution in [-0.2, 0) is 49.0 Å². The van der Waals surface area contributed by atoms with Crippen LogP contribution in [0, 0.1) is 14.9 Å². The fraction of sp³-hybridized carbons (Fsp3) is 0.455. The van der Waals surface area contributed by atoms with E-state index in [9.17, 15) is 0 Å². The third kappa shape index (κ3) is 10.8. The van der Waals surface area contributed by atoms with Gasteiger partial charge in [-0.15, -0.1) is 0 Å². The van der Waals surface area contributed by atoms with E-state index in [1.807, 2.05) is 6.88 Å². The van der Waals surface area contributed by atoms with E-state index in [1.54, 1.807) is 45.6 Å². The smallest absolute Gasteiger partial charge is 0.0512 e. The monoisotopic (exact) mass is 452 g/mol. The molecule has 2 N–H and O–H groups in total. The van der Waals surface area contributed by atoms with Crippen LogP contribution < -0.4 is 0 Å². The second kappa shape index (κ2) is 21.0. The molecule has 0 aliphatic heterocycles. The number of fused-ring (bicyclic) bond motifs is 2. The fourth-order valence-corrected chi connectivity index (χ4v) is 3.23. The van der Waals surface area contributed by atoms with Crippen LogP contribution in [0.15, 0.2) is 36.4 Å². The van der Waals surface area contributed by atoms with Crippen LogP contribution >= 0.6 is 0 Å². The zero-order valence-electron chi connectivity index (χ0n) is 17.2. The summed E-state index contributed by atoms with van der Waals surface area (Å²) in [7, 11) is 2.00. The minimum Gasteiger partial charge on any atom is -0.210 e. The van der Waals surface area contributed by atoms with Gasteiger partial charge >= 0.3 is 30.2 Å². The van der Waals surface area contributed by atoms with Crippen molar-refractivity contribution in [1.82, 2.24) is 0 Å². The van der Waals surface area contributed by atoms with Crippen molar-refractivity contribution in [2.75, 3.05) is 14.2 Å². The maximum atomic E-state index is 7.00. The standard InChI is InChI=1S/2C9H11.2CH4O.2CH3.H2Si.Zr/c2*1-2-5-9-7-3-6-8(9)4-1;2*1-2;;;;/h2*3,6-7H,1-2,4-5H2;2*2H,1H3;2*1H3;1H2;/q2*-1;;;2*-1;;. The number of aliphatic hydroxyl groups excluding tert-OH is 2. The fourth-order valence-electron chi connectivity index (χ4n) is 3.23. The van der Waals surface area contributed by atoms with Crippen LogP contribution in [0.3, 0.4) is 0 Å². The van der Waals surface area contributed by atoms with E-state index in [2.05, 4.69) is 36.4 Å².